The molecule has 0 amide bonds. The van der Waals surface area contributed by atoms with Crippen LogP contribution in [0.1, 0.15) is 49.4 Å². The smallest absolute Gasteiger partial charge is 0.416 e. The van der Waals surface area contributed by atoms with Gasteiger partial charge >= 0.3 is 12.1 Å². The van der Waals surface area contributed by atoms with E-state index in [1.165, 1.54) is 22.6 Å². The summed E-state index contributed by atoms with van der Waals surface area (Å²) in [5.41, 5.74) is 0.480. The van der Waals surface area contributed by atoms with E-state index in [9.17, 15) is 27.9 Å². The Bertz CT molecular complexity index is 1680. The second-order valence-electron chi connectivity index (χ2n) is 10.2. The molecule has 1 aliphatic heterocycles. The van der Waals surface area contributed by atoms with Crippen molar-refractivity contribution in [3.05, 3.63) is 93.8 Å². The first-order valence-corrected chi connectivity index (χ1v) is 14.7. The monoisotopic (exact) mass is 596 g/mol. The number of pyridine rings is 1. The van der Waals surface area contributed by atoms with Crippen LogP contribution >= 0.6 is 11.9 Å². The SMILES string of the molecule is CCCOc1c(Cc2cccc3ccccc23)c(-c2cccc(C(F)(F)F)c2)c2n(c1=O)C(C(=O)O)CN(CCC)S2. The molecular formula is C32H31F3N2O4S. The van der Waals surface area contributed by atoms with Gasteiger partial charge in [0.25, 0.3) is 5.56 Å². The van der Waals surface area contributed by atoms with Gasteiger partial charge in [0.15, 0.2) is 5.75 Å². The molecule has 1 aromatic heterocycles. The highest BCUT2D eigenvalue weighted by molar-refractivity contribution is 7.97. The van der Waals surface area contributed by atoms with Crippen LogP contribution in [0.15, 0.2) is 76.6 Å². The number of hydrogen-bond acceptors (Lipinski definition) is 5. The predicted octanol–water partition coefficient (Wildman–Crippen LogP) is 7.43. The number of rotatable bonds is 9. The number of aliphatic carboxylic acids is 1. The fraction of sp³-hybridized carbons (Fsp3) is 0.312. The van der Waals surface area contributed by atoms with Crippen molar-refractivity contribution in [2.75, 3.05) is 19.7 Å². The Labute approximate surface area is 245 Å². The topological polar surface area (TPSA) is 71.8 Å². The van der Waals surface area contributed by atoms with Gasteiger partial charge in [-0.25, -0.2) is 9.10 Å². The lowest BCUT2D eigenvalue weighted by molar-refractivity contribution is -0.141. The van der Waals surface area contributed by atoms with Crippen molar-refractivity contribution in [2.24, 2.45) is 0 Å². The van der Waals surface area contributed by atoms with E-state index < -0.39 is 29.3 Å². The first-order valence-electron chi connectivity index (χ1n) is 13.9. The Morgan fingerprint density at radius 1 is 1.05 bits per heavy atom. The maximum Gasteiger partial charge on any atom is 0.416 e. The normalized spacial score (nSPS) is 15.5. The number of halogens is 3. The molecule has 1 unspecified atom stereocenters. The van der Waals surface area contributed by atoms with E-state index in [2.05, 4.69) is 0 Å². The molecule has 5 rings (SSSR count). The average Bonchev–Trinajstić information content (AvgIpc) is 2.96. The van der Waals surface area contributed by atoms with E-state index in [4.69, 9.17) is 4.74 Å². The zero-order valence-corrected chi connectivity index (χ0v) is 24.1. The molecule has 0 saturated heterocycles. The molecule has 0 fully saturated rings. The molecule has 2 heterocycles. The Morgan fingerprint density at radius 2 is 1.79 bits per heavy atom. The van der Waals surface area contributed by atoms with Crippen molar-refractivity contribution in [3.8, 4) is 16.9 Å². The number of carboxylic acids is 1. The molecule has 1 atom stereocenters. The quantitative estimate of drug-likeness (QED) is 0.203. The summed E-state index contributed by atoms with van der Waals surface area (Å²) in [6.45, 7) is 4.63. The van der Waals surface area contributed by atoms with Crippen molar-refractivity contribution in [1.82, 2.24) is 8.87 Å². The number of hydrogen-bond donors (Lipinski definition) is 1. The summed E-state index contributed by atoms with van der Waals surface area (Å²) >= 11 is 1.21. The van der Waals surface area contributed by atoms with Crippen LogP contribution in [0, 0.1) is 0 Å². The van der Waals surface area contributed by atoms with Crippen LogP contribution < -0.4 is 10.3 Å². The third-order valence-electron chi connectivity index (χ3n) is 7.26. The molecular weight excluding hydrogens is 565 g/mol. The minimum Gasteiger partial charge on any atom is -0.488 e. The lowest BCUT2D eigenvalue weighted by Crippen LogP contribution is -2.43. The van der Waals surface area contributed by atoms with Crippen molar-refractivity contribution in [2.45, 2.75) is 50.4 Å². The van der Waals surface area contributed by atoms with Crippen LogP contribution in [-0.4, -0.2) is 39.6 Å². The van der Waals surface area contributed by atoms with Gasteiger partial charge in [-0.3, -0.25) is 9.36 Å². The van der Waals surface area contributed by atoms with Crippen molar-refractivity contribution >= 4 is 28.7 Å². The van der Waals surface area contributed by atoms with Crippen LogP contribution in [-0.2, 0) is 17.4 Å². The molecule has 0 aliphatic carbocycles. The van der Waals surface area contributed by atoms with E-state index >= 15 is 0 Å². The summed E-state index contributed by atoms with van der Waals surface area (Å²) in [5, 5.41) is 12.4. The van der Waals surface area contributed by atoms with Gasteiger partial charge in [0.05, 0.1) is 12.2 Å². The van der Waals surface area contributed by atoms with Gasteiger partial charge in [0.1, 0.15) is 11.1 Å². The van der Waals surface area contributed by atoms with Gasteiger partial charge in [-0.1, -0.05) is 68.4 Å². The van der Waals surface area contributed by atoms with Crippen LogP contribution in [0.3, 0.4) is 0 Å². The average molecular weight is 597 g/mol. The summed E-state index contributed by atoms with van der Waals surface area (Å²) in [4.78, 5) is 26.7. The zero-order chi connectivity index (χ0) is 30.0. The number of alkyl halides is 3. The Kier molecular flexibility index (Phi) is 8.65. The molecule has 3 aromatic carbocycles. The molecule has 42 heavy (non-hydrogen) atoms. The number of carbonyl (C=O) groups is 1. The molecule has 10 heteroatoms. The van der Waals surface area contributed by atoms with Gasteiger partial charge in [0.2, 0.25) is 0 Å². The Balaban J connectivity index is 1.87. The molecule has 4 aromatic rings. The number of fused-ring (bicyclic) bond motifs is 2. The van der Waals surface area contributed by atoms with Crippen molar-refractivity contribution < 1.29 is 27.8 Å². The van der Waals surface area contributed by atoms with Crippen LogP contribution in [0.2, 0.25) is 0 Å². The lowest BCUT2D eigenvalue weighted by atomic mass is 9.92. The Morgan fingerprint density at radius 3 is 2.50 bits per heavy atom. The molecule has 0 spiro atoms. The van der Waals surface area contributed by atoms with E-state index in [-0.39, 0.29) is 30.9 Å². The third kappa shape index (κ3) is 5.78. The summed E-state index contributed by atoms with van der Waals surface area (Å²) in [6.07, 6.45) is -3.09. The van der Waals surface area contributed by atoms with E-state index in [1.54, 1.807) is 6.07 Å². The van der Waals surface area contributed by atoms with Gasteiger partial charge in [-0.05, 0) is 58.8 Å². The second-order valence-corrected chi connectivity index (χ2v) is 11.3. The highest BCUT2D eigenvalue weighted by Crippen LogP contribution is 2.45. The van der Waals surface area contributed by atoms with Crippen molar-refractivity contribution in [1.29, 1.82) is 0 Å². The molecule has 0 bridgehead atoms. The number of ether oxygens (including phenoxy) is 1. The minimum atomic E-state index is -4.59. The van der Waals surface area contributed by atoms with Gasteiger partial charge in [-0.15, -0.1) is 0 Å². The number of benzene rings is 3. The summed E-state index contributed by atoms with van der Waals surface area (Å²) in [6, 6.07) is 17.3. The van der Waals surface area contributed by atoms with Crippen LogP contribution in [0.4, 0.5) is 13.2 Å². The van der Waals surface area contributed by atoms with Crippen LogP contribution in [0.5, 0.6) is 5.75 Å². The highest BCUT2D eigenvalue weighted by atomic mass is 32.2. The first kappa shape index (κ1) is 29.7. The summed E-state index contributed by atoms with van der Waals surface area (Å²) < 4.78 is 50.9. The zero-order valence-electron chi connectivity index (χ0n) is 23.3. The van der Waals surface area contributed by atoms with E-state index in [0.717, 1.165) is 34.9 Å². The highest BCUT2D eigenvalue weighted by Gasteiger charge is 2.38. The number of aromatic nitrogens is 1. The van der Waals surface area contributed by atoms with Gasteiger partial charge < -0.3 is 9.84 Å². The second kappa shape index (κ2) is 12.2. The third-order valence-corrected chi connectivity index (χ3v) is 8.42. The molecule has 0 radical (unpaired) electrons. The minimum absolute atomic E-state index is 0.0308. The molecule has 1 N–H and O–H groups in total. The largest absolute Gasteiger partial charge is 0.488 e. The predicted molar refractivity (Wildman–Crippen MR) is 158 cm³/mol. The van der Waals surface area contributed by atoms with Crippen molar-refractivity contribution in [3.63, 3.8) is 0 Å². The lowest BCUT2D eigenvalue weighted by Gasteiger charge is -2.35. The van der Waals surface area contributed by atoms with E-state index in [1.807, 2.05) is 60.6 Å². The summed E-state index contributed by atoms with van der Waals surface area (Å²) in [7, 11) is 0. The maximum absolute atomic E-state index is 14.1. The number of nitrogens with zero attached hydrogens (tertiary/aromatic N) is 2. The Hall–Kier alpha value is -3.76. The maximum atomic E-state index is 14.1. The fourth-order valence-electron chi connectivity index (χ4n) is 5.38. The van der Waals surface area contributed by atoms with Crippen LogP contribution in [0.25, 0.3) is 21.9 Å². The molecule has 6 nitrogen and oxygen atoms in total. The molecule has 220 valence electrons. The standard InChI is InChI=1S/C32H31F3N2O4S/c1-3-15-36-19-26(31(39)40)37-29(38)28(41-16-4-2)25(18-21-11-7-10-20-9-5-6-14-24(20)21)27(30(37)42-36)22-12-8-13-23(17-22)32(33,34)35/h5-14,17,26H,3-4,15-16,18-19H2,1-2H3,(H,39,40). The summed E-state index contributed by atoms with van der Waals surface area (Å²) in [5.74, 6) is -1.23. The van der Waals surface area contributed by atoms with E-state index in [0.29, 0.717) is 29.1 Å². The molecule has 0 saturated carbocycles. The fourth-order valence-corrected chi connectivity index (χ4v) is 6.75. The molecule has 1 aliphatic rings. The van der Waals surface area contributed by atoms with Gasteiger partial charge in [-0.2, -0.15) is 13.2 Å². The van der Waals surface area contributed by atoms with Gasteiger partial charge in [0, 0.05) is 30.6 Å². The number of carboxylic acid groups (broad SMARTS) is 1. The first-order chi connectivity index (χ1) is 20.1.